The first-order valence-electron chi connectivity index (χ1n) is 9.41. The summed E-state index contributed by atoms with van der Waals surface area (Å²) in [5.74, 6) is 0.249. The molecule has 1 aliphatic carbocycles. The highest BCUT2D eigenvalue weighted by Crippen LogP contribution is 2.28. The summed E-state index contributed by atoms with van der Waals surface area (Å²) in [4.78, 5) is 19.2. The first kappa shape index (κ1) is 17.5. The molecule has 0 aliphatic heterocycles. The Hall–Kier alpha value is -2.89. The lowest BCUT2D eigenvalue weighted by molar-refractivity contribution is 0.237. The molecule has 5 nitrogen and oxygen atoms in total. The van der Waals surface area contributed by atoms with Gasteiger partial charge in [-0.05, 0) is 49.7 Å². The van der Waals surface area contributed by atoms with Gasteiger partial charge in [0.1, 0.15) is 11.5 Å². The first-order chi connectivity index (χ1) is 13.2. The number of carbonyl (C=O) groups excluding carboxylic acids is 1. The van der Waals surface area contributed by atoms with Gasteiger partial charge in [-0.15, -0.1) is 0 Å². The van der Waals surface area contributed by atoms with Crippen molar-refractivity contribution in [2.45, 2.75) is 38.1 Å². The average molecular weight is 366 g/mol. The summed E-state index contributed by atoms with van der Waals surface area (Å²) in [5.41, 5.74) is 2.47. The van der Waals surface area contributed by atoms with Gasteiger partial charge in [-0.3, -0.25) is 0 Å². The smallest absolute Gasteiger partial charge is 0.319 e. The van der Waals surface area contributed by atoms with E-state index in [0.717, 1.165) is 38.3 Å². The van der Waals surface area contributed by atoms with Crippen molar-refractivity contribution >= 4 is 22.8 Å². The molecule has 1 fully saturated rings. The minimum atomic E-state index is -0.428. The zero-order valence-corrected chi connectivity index (χ0v) is 15.0. The third-order valence-corrected chi connectivity index (χ3v) is 5.30. The number of benzene rings is 1. The topological polar surface area (TPSA) is 69.8 Å². The number of halogens is 1. The number of fused-ring (bicyclic) bond motifs is 1. The highest BCUT2D eigenvalue weighted by atomic mass is 19.1. The van der Waals surface area contributed by atoms with Gasteiger partial charge in [0, 0.05) is 17.6 Å². The molecule has 3 N–H and O–H groups in total. The molecule has 0 radical (unpaired) electrons. The van der Waals surface area contributed by atoms with Crippen molar-refractivity contribution in [1.29, 1.82) is 0 Å². The molecule has 1 aliphatic rings. The molecule has 0 spiro atoms. The number of aromatic nitrogens is 2. The fraction of sp³-hybridized carbons (Fsp3) is 0.333. The lowest BCUT2D eigenvalue weighted by Crippen LogP contribution is -2.40. The molecular weight excluding hydrogens is 343 g/mol. The zero-order valence-electron chi connectivity index (χ0n) is 15.0. The fourth-order valence-electron chi connectivity index (χ4n) is 3.88. The molecule has 2 aromatic heterocycles. The Kier molecular flexibility index (Phi) is 5.05. The van der Waals surface area contributed by atoms with Crippen LogP contribution in [0.25, 0.3) is 11.0 Å². The van der Waals surface area contributed by atoms with Crippen molar-refractivity contribution in [2.75, 3.05) is 5.32 Å². The second kappa shape index (κ2) is 7.78. The second-order valence-corrected chi connectivity index (χ2v) is 7.26. The summed E-state index contributed by atoms with van der Waals surface area (Å²) in [6.07, 6.45) is 8.08. The maximum atomic E-state index is 13.4. The Morgan fingerprint density at radius 1 is 1.19 bits per heavy atom. The van der Waals surface area contributed by atoms with Crippen LogP contribution in [0.5, 0.6) is 0 Å². The van der Waals surface area contributed by atoms with Gasteiger partial charge in [0.25, 0.3) is 0 Å². The fourth-order valence-corrected chi connectivity index (χ4v) is 3.88. The monoisotopic (exact) mass is 366 g/mol. The SMILES string of the molecule is O=C(Nc1c[nH]c2ncc(F)cc12)NC1CCC(Cc2ccccc2)CC1. The number of H-pyrrole nitrogens is 1. The quantitative estimate of drug-likeness (QED) is 0.630. The molecule has 2 heterocycles. The summed E-state index contributed by atoms with van der Waals surface area (Å²) in [7, 11) is 0. The minimum absolute atomic E-state index is 0.178. The Bertz CT molecular complexity index is 916. The van der Waals surface area contributed by atoms with Gasteiger partial charge >= 0.3 is 6.03 Å². The van der Waals surface area contributed by atoms with Crippen molar-refractivity contribution in [3.05, 3.63) is 60.2 Å². The van der Waals surface area contributed by atoms with E-state index in [1.165, 1.54) is 11.6 Å². The van der Waals surface area contributed by atoms with Gasteiger partial charge in [-0.1, -0.05) is 30.3 Å². The van der Waals surface area contributed by atoms with Crippen molar-refractivity contribution in [1.82, 2.24) is 15.3 Å². The maximum Gasteiger partial charge on any atom is 0.319 e. The van der Waals surface area contributed by atoms with Crippen LogP contribution in [0.3, 0.4) is 0 Å². The van der Waals surface area contributed by atoms with Crippen LogP contribution < -0.4 is 10.6 Å². The van der Waals surface area contributed by atoms with E-state index in [2.05, 4.69) is 44.9 Å². The lowest BCUT2D eigenvalue weighted by atomic mass is 9.82. The molecule has 27 heavy (non-hydrogen) atoms. The van der Waals surface area contributed by atoms with Crippen LogP contribution in [0, 0.1) is 11.7 Å². The van der Waals surface area contributed by atoms with Gasteiger partial charge in [0.05, 0.1) is 11.9 Å². The Morgan fingerprint density at radius 2 is 1.96 bits per heavy atom. The van der Waals surface area contributed by atoms with Crippen LogP contribution in [0.15, 0.2) is 48.8 Å². The number of rotatable bonds is 4. The van der Waals surface area contributed by atoms with E-state index < -0.39 is 5.82 Å². The van der Waals surface area contributed by atoms with E-state index in [1.807, 2.05) is 6.07 Å². The van der Waals surface area contributed by atoms with Gasteiger partial charge < -0.3 is 15.6 Å². The number of amides is 2. The van der Waals surface area contributed by atoms with Crippen LogP contribution in [0.1, 0.15) is 31.2 Å². The van der Waals surface area contributed by atoms with Gasteiger partial charge in [0.15, 0.2) is 0 Å². The molecule has 140 valence electrons. The van der Waals surface area contributed by atoms with Crippen LogP contribution in [0.4, 0.5) is 14.9 Å². The predicted octanol–water partition coefficient (Wildman–Crippen LogP) is 4.63. The molecule has 1 aromatic carbocycles. The van der Waals surface area contributed by atoms with Gasteiger partial charge in [-0.25, -0.2) is 14.2 Å². The molecule has 6 heteroatoms. The van der Waals surface area contributed by atoms with Crippen LogP contribution in [-0.2, 0) is 6.42 Å². The lowest BCUT2D eigenvalue weighted by Gasteiger charge is -2.29. The van der Waals surface area contributed by atoms with E-state index in [0.29, 0.717) is 22.6 Å². The molecule has 0 bridgehead atoms. The van der Waals surface area contributed by atoms with Crippen LogP contribution in [-0.4, -0.2) is 22.0 Å². The van der Waals surface area contributed by atoms with E-state index >= 15 is 0 Å². The predicted molar refractivity (Wildman–Crippen MR) is 104 cm³/mol. The summed E-state index contributed by atoms with van der Waals surface area (Å²) in [6, 6.07) is 11.8. The number of nitrogens with zero attached hydrogens (tertiary/aromatic N) is 1. The number of pyridine rings is 1. The van der Waals surface area contributed by atoms with E-state index in [1.54, 1.807) is 6.20 Å². The van der Waals surface area contributed by atoms with Crippen molar-refractivity contribution in [3.8, 4) is 0 Å². The molecule has 3 aromatic rings. The summed E-state index contributed by atoms with van der Waals surface area (Å²) < 4.78 is 13.4. The number of carbonyl (C=O) groups is 1. The Labute approximate surface area is 157 Å². The number of aromatic amines is 1. The Balaban J connectivity index is 1.28. The molecule has 0 saturated heterocycles. The van der Waals surface area contributed by atoms with E-state index in [9.17, 15) is 9.18 Å². The number of anilines is 1. The number of hydrogen-bond acceptors (Lipinski definition) is 2. The van der Waals surface area contributed by atoms with Crippen molar-refractivity contribution < 1.29 is 9.18 Å². The third kappa shape index (κ3) is 4.27. The summed E-state index contributed by atoms with van der Waals surface area (Å²) in [5, 5.41) is 6.41. The Morgan fingerprint density at radius 3 is 2.74 bits per heavy atom. The minimum Gasteiger partial charge on any atom is -0.344 e. The van der Waals surface area contributed by atoms with Crippen molar-refractivity contribution in [3.63, 3.8) is 0 Å². The molecule has 0 atom stereocenters. The van der Waals surface area contributed by atoms with Gasteiger partial charge in [0.2, 0.25) is 0 Å². The normalized spacial score (nSPS) is 19.7. The molecule has 4 rings (SSSR count). The largest absolute Gasteiger partial charge is 0.344 e. The van der Waals surface area contributed by atoms with E-state index in [-0.39, 0.29) is 12.1 Å². The third-order valence-electron chi connectivity index (χ3n) is 5.30. The van der Waals surface area contributed by atoms with E-state index in [4.69, 9.17) is 0 Å². The van der Waals surface area contributed by atoms with Gasteiger partial charge in [-0.2, -0.15) is 0 Å². The van der Waals surface area contributed by atoms with Crippen LogP contribution in [0.2, 0.25) is 0 Å². The number of nitrogens with one attached hydrogen (secondary N) is 3. The number of hydrogen-bond donors (Lipinski definition) is 3. The number of urea groups is 1. The maximum absolute atomic E-state index is 13.4. The van der Waals surface area contributed by atoms with Crippen LogP contribution >= 0.6 is 0 Å². The first-order valence-corrected chi connectivity index (χ1v) is 9.41. The average Bonchev–Trinajstić information content (AvgIpc) is 3.06. The summed E-state index contributed by atoms with van der Waals surface area (Å²) in [6.45, 7) is 0. The zero-order chi connectivity index (χ0) is 18.6. The second-order valence-electron chi connectivity index (χ2n) is 7.26. The van der Waals surface area contributed by atoms with Crippen molar-refractivity contribution in [2.24, 2.45) is 5.92 Å². The molecule has 2 amide bonds. The standard InChI is InChI=1S/C21H23FN4O/c22-16-11-18-19(13-24-20(18)23-12-16)26-21(27)25-17-8-6-15(7-9-17)10-14-4-2-1-3-5-14/h1-5,11-13,15,17H,6-10H2,(H,23,24)(H2,25,26,27). The highest BCUT2D eigenvalue weighted by molar-refractivity contribution is 5.99. The molecule has 0 unspecified atom stereocenters. The molecular formula is C21H23FN4O. The highest BCUT2D eigenvalue weighted by Gasteiger charge is 2.23. The molecule has 1 saturated carbocycles. The summed E-state index contributed by atoms with van der Waals surface area (Å²) >= 11 is 0.